The Kier molecular flexibility index (Phi) is 4.20. The number of urea groups is 1. The molecule has 4 heteroatoms. The van der Waals surface area contributed by atoms with Gasteiger partial charge in [-0.1, -0.05) is 17.7 Å². The number of hydrogen-bond donors (Lipinski definition) is 2. The van der Waals surface area contributed by atoms with Crippen molar-refractivity contribution in [1.29, 1.82) is 0 Å². The minimum Gasteiger partial charge on any atom is -0.314 e. The van der Waals surface area contributed by atoms with Crippen LogP contribution < -0.4 is 10.6 Å². The van der Waals surface area contributed by atoms with Gasteiger partial charge in [-0.15, -0.1) is 0 Å². The standard InChI is InChI=1S/C13H15BrN2O/c14-11-7-3-4-8-12(11)16-13(17)15-9-10-5-1-2-6-10/h3-4,7-9H,1-2,5-6H2,(H2,15,16,17). The molecule has 2 amide bonds. The topological polar surface area (TPSA) is 41.1 Å². The van der Waals surface area contributed by atoms with Gasteiger partial charge in [0.15, 0.2) is 0 Å². The van der Waals surface area contributed by atoms with Crippen LogP contribution in [0.15, 0.2) is 40.5 Å². The smallest absolute Gasteiger partial charge is 0.314 e. The van der Waals surface area contributed by atoms with Crippen molar-refractivity contribution < 1.29 is 4.79 Å². The highest BCUT2D eigenvalue weighted by atomic mass is 79.9. The molecule has 0 radical (unpaired) electrons. The average Bonchev–Trinajstić information content (AvgIpc) is 2.82. The molecule has 0 atom stereocenters. The van der Waals surface area contributed by atoms with E-state index in [0.29, 0.717) is 0 Å². The predicted octanol–water partition coefficient (Wildman–Crippen LogP) is 4.03. The zero-order chi connectivity index (χ0) is 12.1. The van der Waals surface area contributed by atoms with Crippen LogP contribution >= 0.6 is 15.9 Å². The first kappa shape index (κ1) is 12.2. The molecule has 90 valence electrons. The molecule has 0 bridgehead atoms. The van der Waals surface area contributed by atoms with E-state index >= 15 is 0 Å². The monoisotopic (exact) mass is 294 g/mol. The zero-order valence-corrected chi connectivity index (χ0v) is 11.1. The van der Waals surface area contributed by atoms with Gasteiger partial charge in [0.05, 0.1) is 5.69 Å². The van der Waals surface area contributed by atoms with Gasteiger partial charge in [-0.2, -0.15) is 0 Å². The molecule has 0 saturated heterocycles. The fourth-order valence-electron chi connectivity index (χ4n) is 1.86. The summed E-state index contributed by atoms with van der Waals surface area (Å²) in [6, 6.07) is 7.34. The maximum atomic E-state index is 11.6. The van der Waals surface area contributed by atoms with E-state index in [9.17, 15) is 4.79 Å². The summed E-state index contributed by atoms with van der Waals surface area (Å²) >= 11 is 3.38. The number of nitrogens with one attached hydrogen (secondary N) is 2. The number of allylic oxidation sites excluding steroid dienone is 1. The van der Waals surface area contributed by atoms with Crippen LogP contribution in [0.2, 0.25) is 0 Å². The summed E-state index contributed by atoms with van der Waals surface area (Å²) in [5.41, 5.74) is 2.10. The predicted molar refractivity (Wildman–Crippen MR) is 72.8 cm³/mol. The van der Waals surface area contributed by atoms with E-state index in [1.54, 1.807) is 0 Å². The maximum absolute atomic E-state index is 11.6. The summed E-state index contributed by atoms with van der Waals surface area (Å²) in [6.45, 7) is 0. The van der Waals surface area contributed by atoms with E-state index in [1.165, 1.54) is 18.4 Å². The second-order valence-corrected chi connectivity index (χ2v) is 4.94. The van der Waals surface area contributed by atoms with E-state index in [2.05, 4.69) is 26.6 Å². The molecule has 0 spiro atoms. The fourth-order valence-corrected chi connectivity index (χ4v) is 2.25. The first-order valence-corrected chi connectivity index (χ1v) is 6.55. The molecule has 1 aromatic carbocycles. The van der Waals surface area contributed by atoms with Crippen LogP contribution in [0.5, 0.6) is 0 Å². The normalized spacial score (nSPS) is 14.5. The van der Waals surface area contributed by atoms with Crippen LogP contribution in [0.3, 0.4) is 0 Å². The lowest BCUT2D eigenvalue weighted by Gasteiger charge is -2.06. The second kappa shape index (κ2) is 5.87. The molecule has 1 fully saturated rings. The second-order valence-electron chi connectivity index (χ2n) is 4.09. The highest BCUT2D eigenvalue weighted by Crippen LogP contribution is 2.23. The van der Waals surface area contributed by atoms with E-state index < -0.39 is 0 Å². The molecule has 1 aliphatic carbocycles. The number of para-hydroxylation sites is 1. The van der Waals surface area contributed by atoms with Gasteiger partial charge in [0.1, 0.15) is 0 Å². The lowest BCUT2D eigenvalue weighted by atomic mass is 10.2. The molecule has 0 heterocycles. The number of carbonyl (C=O) groups is 1. The van der Waals surface area contributed by atoms with Crippen LogP contribution in [0.4, 0.5) is 10.5 Å². The number of anilines is 1. The van der Waals surface area contributed by atoms with E-state index in [4.69, 9.17) is 0 Å². The van der Waals surface area contributed by atoms with Crippen molar-refractivity contribution in [1.82, 2.24) is 5.32 Å². The van der Waals surface area contributed by atoms with E-state index in [-0.39, 0.29) is 6.03 Å². The van der Waals surface area contributed by atoms with Crippen LogP contribution in [0, 0.1) is 0 Å². The molecule has 0 unspecified atom stereocenters. The Bertz CT molecular complexity index is 435. The maximum Gasteiger partial charge on any atom is 0.323 e. The van der Waals surface area contributed by atoms with Crippen LogP contribution in [-0.2, 0) is 0 Å². The van der Waals surface area contributed by atoms with Crippen molar-refractivity contribution >= 4 is 27.6 Å². The summed E-state index contributed by atoms with van der Waals surface area (Å²) < 4.78 is 0.878. The summed E-state index contributed by atoms with van der Waals surface area (Å²) in [5, 5.41) is 5.56. The molecule has 0 aromatic heterocycles. The first-order chi connectivity index (χ1) is 8.25. The first-order valence-electron chi connectivity index (χ1n) is 5.75. The SMILES string of the molecule is O=C(NC=C1CCCC1)Nc1ccccc1Br. The Morgan fingerprint density at radius 3 is 2.65 bits per heavy atom. The molecule has 1 saturated carbocycles. The van der Waals surface area contributed by atoms with Gasteiger partial charge in [-0.3, -0.25) is 0 Å². The molecular formula is C13H15BrN2O. The number of carbonyl (C=O) groups excluding carboxylic acids is 1. The fraction of sp³-hybridized carbons (Fsp3) is 0.308. The van der Waals surface area contributed by atoms with Crippen molar-refractivity contribution in [2.75, 3.05) is 5.32 Å². The van der Waals surface area contributed by atoms with Crippen molar-refractivity contribution in [3.63, 3.8) is 0 Å². The number of benzene rings is 1. The minimum atomic E-state index is -0.198. The van der Waals surface area contributed by atoms with Gasteiger partial charge in [0, 0.05) is 10.7 Å². The van der Waals surface area contributed by atoms with E-state index in [0.717, 1.165) is 23.0 Å². The van der Waals surface area contributed by atoms with Crippen LogP contribution in [-0.4, -0.2) is 6.03 Å². The van der Waals surface area contributed by atoms with Gasteiger partial charge in [0.2, 0.25) is 0 Å². The molecule has 3 nitrogen and oxygen atoms in total. The molecule has 2 rings (SSSR count). The Labute approximate surface area is 109 Å². The van der Waals surface area contributed by atoms with Crippen LogP contribution in [0.1, 0.15) is 25.7 Å². The number of hydrogen-bond acceptors (Lipinski definition) is 1. The van der Waals surface area contributed by atoms with Crippen molar-refractivity contribution in [2.45, 2.75) is 25.7 Å². The number of halogens is 1. The van der Waals surface area contributed by atoms with Crippen molar-refractivity contribution in [3.05, 3.63) is 40.5 Å². The summed E-state index contributed by atoms with van der Waals surface area (Å²) in [7, 11) is 0. The van der Waals surface area contributed by atoms with Crippen molar-refractivity contribution in [3.8, 4) is 0 Å². The highest BCUT2D eigenvalue weighted by Gasteiger charge is 2.07. The quantitative estimate of drug-likeness (QED) is 0.849. The van der Waals surface area contributed by atoms with E-state index in [1.807, 2.05) is 30.5 Å². The third kappa shape index (κ3) is 3.60. The Balaban J connectivity index is 1.89. The summed E-state index contributed by atoms with van der Waals surface area (Å²) in [6.07, 6.45) is 6.52. The number of amides is 2. The summed E-state index contributed by atoms with van der Waals surface area (Å²) in [4.78, 5) is 11.6. The number of rotatable bonds is 2. The third-order valence-corrected chi connectivity index (χ3v) is 3.47. The van der Waals surface area contributed by atoms with Gasteiger partial charge >= 0.3 is 6.03 Å². The lowest BCUT2D eigenvalue weighted by Crippen LogP contribution is -2.24. The zero-order valence-electron chi connectivity index (χ0n) is 9.50. The lowest BCUT2D eigenvalue weighted by molar-refractivity contribution is 0.255. The molecule has 0 aliphatic heterocycles. The molecule has 17 heavy (non-hydrogen) atoms. The largest absolute Gasteiger partial charge is 0.323 e. The summed E-state index contributed by atoms with van der Waals surface area (Å²) in [5.74, 6) is 0. The molecule has 1 aliphatic rings. The Morgan fingerprint density at radius 2 is 1.94 bits per heavy atom. The van der Waals surface area contributed by atoms with Gasteiger partial charge in [0.25, 0.3) is 0 Å². The minimum absolute atomic E-state index is 0.198. The molecule has 1 aromatic rings. The van der Waals surface area contributed by atoms with Gasteiger partial charge in [-0.05, 0) is 53.7 Å². The molecule has 2 N–H and O–H groups in total. The van der Waals surface area contributed by atoms with Gasteiger partial charge in [-0.25, -0.2) is 4.79 Å². The van der Waals surface area contributed by atoms with Gasteiger partial charge < -0.3 is 10.6 Å². The highest BCUT2D eigenvalue weighted by molar-refractivity contribution is 9.10. The Hall–Kier alpha value is -1.29. The third-order valence-electron chi connectivity index (χ3n) is 2.78. The Morgan fingerprint density at radius 1 is 1.24 bits per heavy atom. The van der Waals surface area contributed by atoms with Crippen molar-refractivity contribution in [2.24, 2.45) is 0 Å². The van der Waals surface area contributed by atoms with Crippen LogP contribution in [0.25, 0.3) is 0 Å². The average molecular weight is 295 g/mol. The molecular weight excluding hydrogens is 280 g/mol.